The van der Waals surface area contributed by atoms with Crippen LogP contribution in [0.1, 0.15) is 25.7 Å². The molecule has 13 heavy (non-hydrogen) atoms. The van der Waals surface area contributed by atoms with Crippen LogP contribution in [0, 0.1) is 17.3 Å². The summed E-state index contributed by atoms with van der Waals surface area (Å²) in [6.45, 7) is 0. The predicted molar refractivity (Wildman–Crippen MR) is 61.6 cm³/mol. The van der Waals surface area contributed by atoms with Crippen LogP contribution in [0.15, 0.2) is 11.1 Å². The highest BCUT2D eigenvalue weighted by Crippen LogP contribution is 2.68. The van der Waals surface area contributed by atoms with E-state index in [0.717, 1.165) is 17.3 Å². The Morgan fingerprint density at radius 2 is 2.15 bits per heavy atom. The van der Waals surface area contributed by atoms with Crippen molar-refractivity contribution < 1.29 is 0 Å². The second-order valence-corrected chi connectivity index (χ2v) is 5.42. The first-order valence-corrected chi connectivity index (χ1v) is 6.01. The lowest BCUT2D eigenvalue weighted by molar-refractivity contribution is 0.0396. The molecule has 0 amide bonds. The highest BCUT2D eigenvalue weighted by Gasteiger charge is 2.56. The fraction of sp³-hybridized carbons (Fsp3) is 0.818. The molecule has 0 nitrogen and oxygen atoms in total. The Kier molecular flexibility index (Phi) is 1.55. The van der Waals surface area contributed by atoms with Crippen molar-refractivity contribution in [3.63, 3.8) is 0 Å². The van der Waals surface area contributed by atoms with Crippen molar-refractivity contribution in [2.45, 2.75) is 38.3 Å². The van der Waals surface area contributed by atoms with Gasteiger partial charge in [-0.3, -0.25) is 0 Å². The summed E-state index contributed by atoms with van der Waals surface area (Å²) in [6.07, 6.45) is 8.84. The quantitative estimate of drug-likeness (QED) is 0.433. The normalized spacial score (nSPS) is 46.5. The SMILES string of the molecule is BCC1=C2C3CC(C1)CC2(CB)C3. The van der Waals surface area contributed by atoms with Gasteiger partial charge in [-0.25, -0.2) is 0 Å². The van der Waals surface area contributed by atoms with E-state index in [1.807, 2.05) is 11.1 Å². The molecule has 0 radical (unpaired) electrons. The lowest BCUT2D eigenvalue weighted by atomic mass is 9.40. The molecule has 3 unspecified atom stereocenters. The van der Waals surface area contributed by atoms with E-state index in [1.54, 1.807) is 19.3 Å². The lowest BCUT2D eigenvalue weighted by Gasteiger charge is -2.62. The number of hydrogen-bond acceptors (Lipinski definition) is 0. The topological polar surface area (TPSA) is 0 Å². The van der Waals surface area contributed by atoms with Crippen LogP contribution in [-0.4, -0.2) is 15.7 Å². The van der Waals surface area contributed by atoms with Gasteiger partial charge >= 0.3 is 0 Å². The van der Waals surface area contributed by atoms with Crippen molar-refractivity contribution in [1.82, 2.24) is 0 Å². The van der Waals surface area contributed by atoms with Crippen LogP contribution in [-0.2, 0) is 0 Å². The third-order valence-electron chi connectivity index (χ3n) is 4.93. The fourth-order valence-electron chi connectivity index (χ4n) is 4.51. The van der Waals surface area contributed by atoms with Gasteiger partial charge in [0.2, 0.25) is 0 Å². The Bertz CT molecular complexity index is 282. The molecule has 5 aliphatic carbocycles. The van der Waals surface area contributed by atoms with E-state index in [1.165, 1.54) is 19.1 Å². The van der Waals surface area contributed by atoms with E-state index in [2.05, 4.69) is 15.7 Å². The molecular weight excluding hydrogens is 154 g/mol. The molecular formula is C11H18B2. The van der Waals surface area contributed by atoms with Gasteiger partial charge in [-0.2, -0.15) is 0 Å². The van der Waals surface area contributed by atoms with Crippen LogP contribution in [0.3, 0.4) is 0 Å². The van der Waals surface area contributed by atoms with Gasteiger partial charge in [0.1, 0.15) is 15.7 Å². The molecule has 0 N–H and O–H groups in total. The molecule has 3 saturated carbocycles. The molecule has 5 rings (SSSR count). The Hall–Kier alpha value is -0.130. The third kappa shape index (κ3) is 0.851. The Morgan fingerprint density at radius 1 is 1.31 bits per heavy atom. The summed E-state index contributed by atoms with van der Waals surface area (Å²) < 4.78 is 0. The van der Waals surface area contributed by atoms with Crippen molar-refractivity contribution in [2.24, 2.45) is 17.3 Å². The predicted octanol–water partition coefficient (Wildman–Crippen LogP) is 1.21. The lowest BCUT2D eigenvalue weighted by Crippen LogP contribution is -2.51. The van der Waals surface area contributed by atoms with Crippen molar-refractivity contribution in [3.05, 3.63) is 11.1 Å². The van der Waals surface area contributed by atoms with Gasteiger partial charge in [-0.05, 0) is 42.9 Å². The van der Waals surface area contributed by atoms with Crippen molar-refractivity contribution in [2.75, 3.05) is 0 Å². The minimum Gasteiger partial charge on any atom is -0.0778 e. The second kappa shape index (κ2) is 2.46. The molecule has 0 heterocycles. The number of rotatable bonds is 2. The van der Waals surface area contributed by atoms with Gasteiger partial charge in [0.25, 0.3) is 0 Å². The molecule has 0 aromatic rings. The average Bonchev–Trinajstić information content (AvgIpc) is 2.16. The molecule has 3 atom stereocenters. The first kappa shape index (κ1) is 8.20. The molecule has 5 aliphatic rings. The highest BCUT2D eigenvalue weighted by atomic mass is 14.6. The largest absolute Gasteiger partial charge is 0.106 e. The van der Waals surface area contributed by atoms with Crippen molar-refractivity contribution >= 4 is 15.7 Å². The number of hydrogen-bond donors (Lipinski definition) is 0. The van der Waals surface area contributed by atoms with E-state index < -0.39 is 0 Å². The molecule has 0 aromatic heterocycles. The molecule has 0 aromatic carbocycles. The summed E-state index contributed by atoms with van der Waals surface area (Å²) in [5.74, 6) is 2.12. The van der Waals surface area contributed by atoms with Gasteiger partial charge in [0, 0.05) is 0 Å². The maximum Gasteiger partial charge on any atom is 0.106 e. The smallest absolute Gasteiger partial charge is 0.0778 e. The standard InChI is InChI=1S/C11H18B2/c12-5-9-2-7-1-8-4-11(3-7,6-13)10(8)9/h7-8H,1-6,12-13H2. The highest BCUT2D eigenvalue weighted by molar-refractivity contribution is 6.11. The van der Waals surface area contributed by atoms with E-state index in [9.17, 15) is 0 Å². The number of fused-ring (bicyclic) bond motifs is 1. The van der Waals surface area contributed by atoms with Crippen molar-refractivity contribution in [1.29, 1.82) is 0 Å². The Labute approximate surface area is 83.0 Å². The summed E-state index contributed by atoms with van der Waals surface area (Å²) in [4.78, 5) is 0. The van der Waals surface area contributed by atoms with Gasteiger partial charge in [-0.15, -0.1) is 0 Å². The van der Waals surface area contributed by atoms with E-state index >= 15 is 0 Å². The van der Waals surface area contributed by atoms with Gasteiger partial charge < -0.3 is 0 Å². The van der Waals surface area contributed by atoms with Crippen LogP contribution in [0.5, 0.6) is 0 Å². The summed E-state index contributed by atoms with van der Waals surface area (Å²) in [5, 5.41) is 0. The third-order valence-corrected chi connectivity index (χ3v) is 4.93. The molecule has 0 aliphatic heterocycles. The molecule has 3 fully saturated rings. The molecule has 0 spiro atoms. The van der Waals surface area contributed by atoms with Crippen LogP contribution in [0.4, 0.5) is 0 Å². The van der Waals surface area contributed by atoms with Gasteiger partial charge in [-0.1, -0.05) is 23.8 Å². The second-order valence-electron chi connectivity index (χ2n) is 5.42. The average molecular weight is 172 g/mol. The zero-order chi connectivity index (χ0) is 9.05. The molecule has 68 valence electrons. The van der Waals surface area contributed by atoms with Crippen LogP contribution in [0.25, 0.3) is 0 Å². The van der Waals surface area contributed by atoms with E-state index in [-0.39, 0.29) is 0 Å². The maximum absolute atomic E-state index is 2.40. The maximum atomic E-state index is 2.40. The first-order valence-electron chi connectivity index (χ1n) is 6.01. The summed E-state index contributed by atoms with van der Waals surface area (Å²) in [5.41, 5.74) is 4.54. The Morgan fingerprint density at radius 3 is 2.77 bits per heavy atom. The summed E-state index contributed by atoms with van der Waals surface area (Å²) in [6, 6.07) is 0. The monoisotopic (exact) mass is 172 g/mol. The molecule has 0 saturated heterocycles. The van der Waals surface area contributed by atoms with Crippen LogP contribution < -0.4 is 0 Å². The Balaban J connectivity index is 2.05. The summed E-state index contributed by atoms with van der Waals surface area (Å²) in [7, 11) is 4.75. The minimum atomic E-state index is 0.733. The molecule has 4 bridgehead atoms. The van der Waals surface area contributed by atoms with Crippen LogP contribution in [0.2, 0.25) is 12.6 Å². The van der Waals surface area contributed by atoms with Crippen LogP contribution >= 0.6 is 0 Å². The van der Waals surface area contributed by atoms with Gasteiger partial charge in [0.05, 0.1) is 0 Å². The minimum absolute atomic E-state index is 0.733. The fourth-order valence-corrected chi connectivity index (χ4v) is 4.51. The van der Waals surface area contributed by atoms with E-state index in [0.29, 0.717) is 0 Å². The van der Waals surface area contributed by atoms with E-state index in [4.69, 9.17) is 0 Å². The van der Waals surface area contributed by atoms with Gasteiger partial charge in [0.15, 0.2) is 0 Å². The molecule has 2 heteroatoms. The zero-order valence-electron chi connectivity index (χ0n) is 8.90. The summed E-state index contributed by atoms with van der Waals surface area (Å²) >= 11 is 0. The van der Waals surface area contributed by atoms with Crippen molar-refractivity contribution in [3.8, 4) is 0 Å². The zero-order valence-corrected chi connectivity index (χ0v) is 8.90. The number of allylic oxidation sites excluding steroid dienone is 2. The first-order chi connectivity index (χ1) is 6.29.